The topological polar surface area (TPSA) is 95.9 Å². The summed E-state index contributed by atoms with van der Waals surface area (Å²) in [6.07, 6.45) is -0.660. The lowest BCUT2D eigenvalue weighted by atomic mass is 10.0. The molecule has 6 nitrogen and oxygen atoms in total. The highest BCUT2D eigenvalue weighted by atomic mass is 16.6. The van der Waals surface area contributed by atoms with Gasteiger partial charge in [-0.25, -0.2) is 9.59 Å². The fourth-order valence-electron chi connectivity index (χ4n) is 1.78. The number of phenols is 1. The quantitative estimate of drug-likeness (QED) is 0.791. The molecule has 0 bridgehead atoms. The molecule has 0 heterocycles. The van der Waals surface area contributed by atoms with E-state index in [0.29, 0.717) is 0 Å². The fraction of sp³-hybridized carbons (Fsp3) is 0.467. The Morgan fingerprint density at radius 1 is 1.33 bits per heavy atom. The van der Waals surface area contributed by atoms with Gasteiger partial charge in [0.25, 0.3) is 0 Å². The van der Waals surface area contributed by atoms with Gasteiger partial charge in [-0.3, -0.25) is 0 Å². The van der Waals surface area contributed by atoms with Gasteiger partial charge >= 0.3 is 12.1 Å². The predicted octanol–water partition coefficient (Wildman–Crippen LogP) is 2.22. The van der Waals surface area contributed by atoms with Crippen molar-refractivity contribution in [1.82, 2.24) is 5.32 Å². The van der Waals surface area contributed by atoms with E-state index in [1.54, 1.807) is 39.8 Å². The van der Waals surface area contributed by atoms with Crippen molar-refractivity contribution in [2.45, 2.75) is 45.8 Å². The van der Waals surface area contributed by atoms with Gasteiger partial charge in [0.05, 0.1) is 0 Å². The van der Waals surface area contributed by atoms with Crippen LogP contribution < -0.4 is 5.32 Å². The highest BCUT2D eigenvalue weighted by Crippen LogP contribution is 2.17. The molecule has 0 aliphatic heterocycles. The van der Waals surface area contributed by atoms with Crippen LogP contribution in [0.15, 0.2) is 18.2 Å². The summed E-state index contributed by atoms with van der Waals surface area (Å²) in [7, 11) is 0. The smallest absolute Gasteiger partial charge is 0.408 e. The lowest BCUT2D eigenvalue weighted by Gasteiger charge is -2.22. The maximum Gasteiger partial charge on any atom is 0.408 e. The summed E-state index contributed by atoms with van der Waals surface area (Å²) in [5, 5.41) is 20.9. The number of amides is 1. The first-order chi connectivity index (χ1) is 9.58. The number of rotatable bonds is 4. The minimum absolute atomic E-state index is 0.112. The van der Waals surface area contributed by atoms with E-state index >= 15 is 0 Å². The Kier molecular flexibility index (Phi) is 5.18. The zero-order chi connectivity index (χ0) is 16.2. The predicted molar refractivity (Wildman–Crippen MR) is 77.3 cm³/mol. The number of hydrogen-bond acceptors (Lipinski definition) is 4. The summed E-state index contributed by atoms with van der Waals surface area (Å²) in [6.45, 7) is 6.87. The van der Waals surface area contributed by atoms with E-state index in [9.17, 15) is 19.8 Å². The molecule has 0 unspecified atom stereocenters. The molecule has 1 aromatic carbocycles. The number of carboxylic acids is 1. The first-order valence-electron chi connectivity index (χ1n) is 6.59. The number of nitrogens with one attached hydrogen (secondary N) is 1. The third-order valence-electron chi connectivity index (χ3n) is 2.74. The maximum atomic E-state index is 11.7. The molecule has 0 spiro atoms. The number of phenolic OH excluding ortho intramolecular Hbond substituents is 1. The van der Waals surface area contributed by atoms with Crippen molar-refractivity contribution in [2.24, 2.45) is 0 Å². The number of carbonyl (C=O) groups is 2. The number of ether oxygens (including phenoxy) is 1. The average molecular weight is 295 g/mol. The van der Waals surface area contributed by atoms with Crippen LogP contribution in [0.2, 0.25) is 0 Å². The van der Waals surface area contributed by atoms with E-state index in [2.05, 4.69) is 5.32 Å². The third kappa shape index (κ3) is 5.72. The first kappa shape index (κ1) is 16.8. The van der Waals surface area contributed by atoms with Gasteiger partial charge in [0.2, 0.25) is 0 Å². The molecular formula is C15H21NO5. The second kappa shape index (κ2) is 6.47. The minimum Gasteiger partial charge on any atom is -0.508 e. The lowest BCUT2D eigenvalue weighted by molar-refractivity contribution is -0.139. The molecule has 0 aliphatic carbocycles. The largest absolute Gasteiger partial charge is 0.508 e. The van der Waals surface area contributed by atoms with Crippen LogP contribution in [0.4, 0.5) is 4.79 Å². The summed E-state index contributed by atoms with van der Waals surface area (Å²) in [5.41, 5.74) is 0.796. The Morgan fingerprint density at radius 3 is 2.43 bits per heavy atom. The number of aromatic hydroxyl groups is 1. The number of carbonyl (C=O) groups excluding carboxylic acids is 1. The van der Waals surface area contributed by atoms with Crippen molar-refractivity contribution < 1.29 is 24.5 Å². The molecule has 0 saturated heterocycles. The van der Waals surface area contributed by atoms with E-state index in [-0.39, 0.29) is 12.2 Å². The number of carboxylic acid groups (broad SMARTS) is 1. The maximum absolute atomic E-state index is 11.7. The highest BCUT2D eigenvalue weighted by Gasteiger charge is 2.24. The molecule has 1 amide bonds. The molecule has 0 radical (unpaired) electrons. The van der Waals surface area contributed by atoms with Gasteiger partial charge in [0.15, 0.2) is 0 Å². The van der Waals surface area contributed by atoms with E-state index in [1.165, 1.54) is 6.07 Å². The summed E-state index contributed by atoms with van der Waals surface area (Å²) < 4.78 is 5.05. The molecule has 0 saturated carbocycles. The fourth-order valence-corrected chi connectivity index (χ4v) is 1.78. The third-order valence-corrected chi connectivity index (χ3v) is 2.74. The van der Waals surface area contributed by atoms with Gasteiger partial charge in [0.1, 0.15) is 17.4 Å². The van der Waals surface area contributed by atoms with E-state index in [0.717, 1.165) is 11.1 Å². The molecule has 0 aliphatic rings. The molecule has 3 N–H and O–H groups in total. The lowest BCUT2D eigenvalue weighted by Crippen LogP contribution is -2.44. The van der Waals surface area contributed by atoms with E-state index < -0.39 is 23.7 Å². The van der Waals surface area contributed by atoms with Crippen molar-refractivity contribution in [1.29, 1.82) is 0 Å². The zero-order valence-electron chi connectivity index (χ0n) is 12.6. The van der Waals surface area contributed by atoms with Crippen molar-refractivity contribution in [3.8, 4) is 5.75 Å². The standard InChI is InChI=1S/C15H21NO5/c1-9-7-11(17)6-5-10(9)8-12(13(18)19)16-14(20)21-15(2,3)4/h5-7,12,17H,8H2,1-4H3,(H,16,20)(H,18,19)/t12-/m0/s1. The van der Waals surface area contributed by atoms with Crippen LogP contribution in [0.1, 0.15) is 31.9 Å². The van der Waals surface area contributed by atoms with Crippen molar-refractivity contribution in [3.63, 3.8) is 0 Å². The van der Waals surface area contributed by atoms with Crippen molar-refractivity contribution >= 4 is 12.1 Å². The molecule has 116 valence electrons. The second-order valence-electron chi connectivity index (χ2n) is 5.85. The summed E-state index contributed by atoms with van der Waals surface area (Å²) in [5.74, 6) is -1.03. The van der Waals surface area contributed by atoms with Crippen LogP contribution in [0, 0.1) is 6.92 Å². The van der Waals surface area contributed by atoms with E-state index in [4.69, 9.17) is 4.74 Å². The Morgan fingerprint density at radius 2 is 1.95 bits per heavy atom. The minimum atomic E-state index is -1.15. The van der Waals surface area contributed by atoms with Gasteiger partial charge in [-0.1, -0.05) is 6.07 Å². The number of aliphatic carboxylic acids is 1. The Hall–Kier alpha value is -2.24. The Balaban J connectivity index is 2.79. The summed E-state index contributed by atoms with van der Waals surface area (Å²) in [4.78, 5) is 22.9. The Labute approximate surface area is 123 Å². The Bertz CT molecular complexity index is 533. The number of alkyl carbamates (subject to hydrolysis) is 1. The number of aryl methyl sites for hydroxylation is 1. The van der Waals surface area contributed by atoms with Crippen LogP contribution in [-0.4, -0.2) is 33.9 Å². The van der Waals surface area contributed by atoms with Crippen LogP contribution >= 0.6 is 0 Å². The molecule has 0 fully saturated rings. The molecule has 1 atom stereocenters. The second-order valence-corrected chi connectivity index (χ2v) is 5.85. The van der Waals surface area contributed by atoms with Crippen molar-refractivity contribution in [3.05, 3.63) is 29.3 Å². The monoisotopic (exact) mass is 295 g/mol. The van der Waals surface area contributed by atoms with Gasteiger partial charge in [-0.15, -0.1) is 0 Å². The molecule has 1 rings (SSSR count). The molecule has 0 aromatic heterocycles. The first-order valence-corrected chi connectivity index (χ1v) is 6.59. The van der Waals surface area contributed by atoms with Gasteiger partial charge in [-0.2, -0.15) is 0 Å². The average Bonchev–Trinajstić information content (AvgIpc) is 2.28. The van der Waals surface area contributed by atoms with Crippen LogP contribution in [0.3, 0.4) is 0 Å². The van der Waals surface area contributed by atoms with E-state index in [1.807, 2.05) is 0 Å². The highest BCUT2D eigenvalue weighted by molar-refractivity contribution is 5.80. The van der Waals surface area contributed by atoms with Crippen LogP contribution in [0.5, 0.6) is 5.75 Å². The van der Waals surface area contributed by atoms with Gasteiger partial charge < -0.3 is 20.3 Å². The van der Waals surface area contributed by atoms with Crippen molar-refractivity contribution in [2.75, 3.05) is 0 Å². The molecular weight excluding hydrogens is 274 g/mol. The number of hydrogen-bond donors (Lipinski definition) is 3. The van der Waals surface area contributed by atoms with Gasteiger partial charge in [0, 0.05) is 6.42 Å². The van der Waals surface area contributed by atoms with Gasteiger partial charge in [-0.05, 0) is 51.0 Å². The summed E-state index contributed by atoms with van der Waals surface area (Å²) >= 11 is 0. The molecule has 1 aromatic rings. The number of benzene rings is 1. The summed E-state index contributed by atoms with van der Waals surface area (Å²) in [6, 6.07) is 3.57. The SMILES string of the molecule is Cc1cc(O)ccc1C[C@H](NC(=O)OC(C)(C)C)C(=O)O. The molecule has 21 heavy (non-hydrogen) atoms. The van der Waals surface area contributed by atoms with Crippen LogP contribution in [0.25, 0.3) is 0 Å². The normalized spacial score (nSPS) is 12.6. The zero-order valence-corrected chi connectivity index (χ0v) is 12.6. The molecule has 6 heteroatoms. The van der Waals surface area contributed by atoms with Crippen LogP contribution in [-0.2, 0) is 16.0 Å².